The molecule has 0 spiro atoms. The highest BCUT2D eigenvalue weighted by Gasteiger charge is 2.50. The highest BCUT2D eigenvalue weighted by Crippen LogP contribution is 2.60. The third-order valence-corrected chi connectivity index (χ3v) is 7.94. The zero-order valence-corrected chi connectivity index (χ0v) is 14.0. The molecule has 0 amide bonds. The van der Waals surface area contributed by atoms with E-state index in [0.717, 1.165) is 23.3 Å². The summed E-state index contributed by atoms with van der Waals surface area (Å²) in [6.07, 6.45) is 1.94. The second-order valence-electron chi connectivity index (χ2n) is 6.28. The summed E-state index contributed by atoms with van der Waals surface area (Å²) in [5.74, 6) is 2.02. The molecule has 0 saturated heterocycles. The molecule has 1 fully saturated rings. The van der Waals surface area contributed by atoms with Crippen LogP contribution in [0.2, 0.25) is 0 Å². The smallest absolute Gasteiger partial charge is 0.231 e. The Morgan fingerprint density at radius 1 is 1.21 bits per heavy atom. The molecule has 0 aromatic heterocycles. The fourth-order valence-electron chi connectivity index (χ4n) is 3.84. The molecule has 2 heterocycles. The molecule has 0 bridgehead atoms. The Morgan fingerprint density at radius 2 is 2.04 bits per heavy atom. The number of ether oxygens (including phenoxy) is 3. The fraction of sp³-hybridized carbons (Fsp3) is 0.333. The fourth-order valence-corrected chi connectivity index (χ4v) is 6.62. The van der Waals surface area contributed by atoms with Gasteiger partial charge in [-0.05, 0) is 46.7 Å². The molecule has 1 unspecified atom stereocenters. The topological polar surface area (TPSA) is 63.1 Å². The van der Waals surface area contributed by atoms with E-state index in [1.54, 1.807) is 7.11 Å². The molecule has 124 valence electrons. The average molecular weight is 343 g/mol. The summed E-state index contributed by atoms with van der Waals surface area (Å²) in [5.41, 5.74) is 1.74. The van der Waals surface area contributed by atoms with E-state index < -0.39 is 10.1 Å². The van der Waals surface area contributed by atoms with E-state index in [0.29, 0.717) is 22.9 Å². The Hall–Kier alpha value is -2.05. The zero-order chi connectivity index (χ0) is 16.3. The Balaban J connectivity index is 1.80. The molecular weight excluding hydrogens is 326 g/mol. The van der Waals surface area contributed by atoms with Crippen molar-refractivity contribution in [2.24, 2.45) is 4.36 Å². The van der Waals surface area contributed by atoms with Gasteiger partial charge in [-0.2, -0.15) is 0 Å². The van der Waals surface area contributed by atoms with E-state index in [2.05, 4.69) is 0 Å². The SMILES string of the molecule is COc1c2c(cc3c1OCO3)[C@H]1CC[C@H]1[S+]([O-])(c1ccccc1)=N2. The maximum atomic E-state index is 13.8. The lowest BCUT2D eigenvalue weighted by molar-refractivity contribution is 0.171. The number of hydrogen-bond donors (Lipinski definition) is 0. The summed E-state index contributed by atoms with van der Waals surface area (Å²) < 4.78 is 35.2. The molecule has 1 aliphatic carbocycles. The number of benzene rings is 2. The lowest BCUT2D eigenvalue weighted by Crippen LogP contribution is -2.43. The lowest BCUT2D eigenvalue weighted by atomic mass is 9.78. The molecular formula is C18H17NO4S. The maximum Gasteiger partial charge on any atom is 0.231 e. The molecule has 24 heavy (non-hydrogen) atoms. The third-order valence-electron chi connectivity index (χ3n) is 5.16. The van der Waals surface area contributed by atoms with Crippen molar-refractivity contribution in [1.29, 1.82) is 0 Å². The van der Waals surface area contributed by atoms with Gasteiger partial charge >= 0.3 is 0 Å². The van der Waals surface area contributed by atoms with Crippen LogP contribution in [0.4, 0.5) is 5.69 Å². The molecule has 2 aromatic carbocycles. The Morgan fingerprint density at radius 3 is 2.75 bits per heavy atom. The minimum absolute atomic E-state index is 0.0532. The van der Waals surface area contributed by atoms with Crippen molar-refractivity contribution in [1.82, 2.24) is 0 Å². The van der Waals surface area contributed by atoms with Crippen LogP contribution < -0.4 is 14.2 Å². The summed E-state index contributed by atoms with van der Waals surface area (Å²) in [6.45, 7) is 0.177. The van der Waals surface area contributed by atoms with Crippen molar-refractivity contribution in [3.63, 3.8) is 0 Å². The van der Waals surface area contributed by atoms with Crippen molar-refractivity contribution in [2.75, 3.05) is 13.9 Å². The minimum atomic E-state index is -2.52. The van der Waals surface area contributed by atoms with Crippen LogP contribution in [0.3, 0.4) is 0 Å². The number of rotatable bonds is 2. The van der Waals surface area contributed by atoms with Crippen LogP contribution in [-0.2, 0) is 10.1 Å². The highest BCUT2D eigenvalue weighted by molar-refractivity contribution is 8.00. The summed E-state index contributed by atoms with van der Waals surface area (Å²) in [4.78, 5) is 0.796. The van der Waals surface area contributed by atoms with Crippen LogP contribution in [0, 0.1) is 0 Å². The number of methoxy groups -OCH3 is 1. The molecule has 2 aliphatic heterocycles. The summed E-state index contributed by atoms with van der Waals surface area (Å²) >= 11 is 0. The normalized spacial score (nSPS) is 29.1. The van der Waals surface area contributed by atoms with Gasteiger partial charge in [0.05, 0.1) is 7.11 Å². The van der Waals surface area contributed by atoms with Crippen molar-refractivity contribution in [3.8, 4) is 17.2 Å². The van der Waals surface area contributed by atoms with Gasteiger partial charge in [0.15, 0.2) is 17.2 Å². The molecule has 3 atom stereocenters. The van der Waals surface area contributed by atoms with Crippen molar-refractivity contribution >= 4 is 15.8 Å². The van der Waals surface area contributed by atoms with Gasteiger partial charge in [0.2, 0.25) is 12.5 Å². The summed E-state index contributed by atoms with van der Waals surface area (Å²) in [6, 6.07) is 11.6. The first-order valence-corrected chi connectivity index (χ1v) is 9.62. The third kappa shape index (κ3) is 1.75. The molecule has 0 N–H and O–H groups in total. The van der Waals surface area contributed by atoms with Crippen LogP contribution in [-0.4, -0.2) is 23.7 Å². The predicted molar refractivity (Wildman–Crippen MR) is 89.8 cm³/mol. The van der Waals surface area contributed by atoms with Crippen molar-refractivity contribution in [2.45, 2.75) is 28.9 Å². The largest absolute Gasteiger partial charge is 0.626 e. The summed E-state index contributed by atoms with van der Waals surface area (Å²) in [5, 5.41) is 0.0532. The van der Waals surface area contributed by atoms with Gasteiger partial charge in [0.1, 0.15) is 10.1 Å². The molecule has 5 rings (SSSR count). The van der Waals surface area contributed by atoms with Crippen LogP contribution in [0.1, 0.15) is 24.3 Å². The van der Waals surface area contributed by atoms with Gasteiger partial charge < -0.3 is 18.8 Å². The second-order valence-corrected chi connectivity index (χ2v) is 8.67. The average Bonchev–Trinajstić information content (AvgIpc) is 3.02. The van der Waals surface area contributed by atoms with Gasteiger partial charge in [0, 0.05) is 5.92 Å². The number of nitrogens with zero attached hydrogens (tertiary/aromatic N) is 1. The van der Waals surface area contributed by atoms with Crippen LogP contribution >= 0.6 is 0 Å². The maximum absolute atomic E-state index is 13.8. The summed E-state index contributed by atoms with van der Waals surface area (Å²) in [7, 11) is -0.937. The molecule has 3 aliphatic rings. The van der Waals surface area contributed by atoms with Gasteiger partial charge in [-0.15, -0.1) is 0 Å². The number of fused-ring (bicyclic) bond motifs is 4. The lowest BCUT2D eigenvalue weighted by Gasteiger charge is -2.45. The monoisotopic (exact) mass is 343 g/mol. The van der Waals surface area contributed by atoms with E-state index in [1.807, 2.05) is 36.4 Å². The Labute approximate surface area is 141 Å². The second kappa shape index (κ2) is 4.97. The van der Waals surface area contributed by atoms with Crippen LogP contribution in [0.25, 0.3) is 0 Å². The Kier molecular flexibility index (Phi) is 2.96. The first-order valence-electron chi connectivity index (χ1n) is 8.04. The van der Waals surface area contributed by atoms with Gasteiger partial charge in [0.25, 0.3) is 0 Å². The first-order chi connectivity index (χ1) is 11.7. The van der Waals surface area contributed by atoms with Gasteiger partial charge in [-0.25, -0.2) is 0 Å². The van der Waals surface area contributed by atoms with Crippen LogP contribution in [0.5, 0.6) is 17.2 Å². The van der Waals surface area contributed by atoms with Crippen molar-refractivity contribution in [3.05, 3.63) is 42.0 Å². The van der Waals surface area contributed by atoms with E-state index in [-0.39, 0.29) is 18.0 Å². The van der Waals surface area contributed by atoms with Gasteiger partial charge in [-0.1, -0.05) is 22.6 Å². The quantitative estimate of drug-likeness (QED) is 0.777. The minimum Gasteiger partial charge on any atom is -0.626 e. The van der Waals surface area contributed by atoms with Crippen molar-refractivity contribution < 1.29 is 18.8 Å². The molecule has 0 radical (unpaired) electrons. The molecule has 6 heteroatoms. The Bertz CT molecular complexity index is 880. The van der Waals surface area contributed by atoms with E-state index in [9.17, 15) is 4.55 Å². The predicted octanol–water partition coefficient (Wildman–Crippen LogP) is 3.84. The molecule has 5 nitrogen and oxygen atoms in total. The number of hydrogen-bond acceptors (Lipinski definition) is 5. The van der Waals surface area contributed by atoms with E-state index >= 15 is 0 Å². The zero-order valence-electron chi connectivity index (χ0n) is 13.2. The van der Waals surface area contributed by atoms with E-state index in [1.165, 1.54) is 0 Å². The van der Waals surface area contributed by atoms with Crippen LogP contribution in [0.15, 0.2) is 45.7 Å². The molecule has 2 aromatic rings. The highest BCUT2D eigenvalue weighted by atomic mass is 32.3. The molecule has 1 saturated carbocycles. The van der Waals surface area contributed by atoms with E-state index in [4.69, 9.17) is 18.6 Å². The standard InChI is InChI=1S/C18H17NO4S/c1-21-18-16-13(9-14-17(18)23-10-22-14)12-7-8-15(12)24(20,19-16)11-5-3-2-4-6-11/h2-6,9,12,15H,7-8,10H2,1H3/t12-,15-,24?/m1/s1. The first kappa shape index (κ1) is 14.3. The van der Waals surface area contributed by atoms with Gasteiger partial charge in [-0.3, -0.25) is 0 Å².